The van der Waals surface area contributed by atoms with E-state index in [1.54, 1.807) is 6.92 Å². The van der Waals surface area contributed by atoms with Crippen LogP contribution in [0.3, 0.4) is 0 Å². The fraction of sp³-hybridized carbons (Fsp3) is 0.632. The van der Waals surface area contributed by atoms with Gasteiger partial charge in [-0.15, -0.1) is 0 Å². The van der Waals surface area contributed by atoms with Gasteiger partial charge in [-0.05, 0) is 39.3 Å². The molecule has 0 fully saturated rings. The Balaban J connectivity index is 2.20. The van der Waals surface area contributed by atoms with Crippen LogP contribution in [0.1, 0.15) is 52.0 Å². The van der Waals surface area contributed by atoms with Crippen LogP contribution in [-0.2, 0) is 14.3 Å². The fourth-order valence-electron chi connectivity index (χ4n) is 2.03. The number of unbranched alkanes of at least 4 members (excludes halogenated alkanes) is 3. The predicted octanol–water partition coefficient (Wildman–Crippen LogP) is 4.29. The number of carbonyl (C=O) groups excluding carboxylic acids is 1. The number of aryl methyl sites for hydroxylation is 1. The number of ether oxygens (including phenoxy) is 3. The second kappa shape index (κ2) is 11.1. The average molecular weight is 322 g/mol. The molecule has 1 aromatic rings. The van der Waals surface area contributed by atoms with Gasteiger partial charge < -0.3 is 14.2 Å². The summed E-state index contributed by atoms with van der Waals surface area (Å²) in [6, 6.07) is 7.79. The van der Waals surface area contributed by atoms with Crippen molar-refractivity contribution < 1.29 is 19.0 Å². The zero-order chi connectivity index (χ0) is 17.1. The molecular weight excluding hydrogens is 292 g/mol. The van der Waals surface area contributed by atoms with Crippen LogP contribution in [0, 0.1) is 6.92 Å². The smallest absolute Gasteiger partial charge is 0.335 e. The highest BCUT2D eigenvalue weighted by Gasteiger charge is 2.18. The number of esters is 1. The molecule has 4 nitrogen and oxygen atoms in total. The lowest BCUT2D eigenvalue weighted by molar-refractivity contribution is -0.162. The predicted molar refractivity (Wildman–Crippen MR) is 91.8 cm³/mol. The van der Waals surface area contributed by atoms with Crippen LogP contribution in [0.5, 0.6) is 5.75 Å². The van der Waals surface area contributed by atoms with Crippen LogP contribution in [-0.4, -0.2) is 31.4 Å². The van der Waals surface area contributed by atoms with E-state index in [1.165, 1.54) is 18.4 Å². The Bertz CT molecular complexity index is 441. The Morgan fingerprint density at radius 2 is 1.78 bits per heavy atom. The van der Waals surface area contributed by atoms with Crippen LogP contribution in [0.15, 0.2) is 24.3 Å². The van der Waals surface area contributed by atoms with Crippen LogP contribution in [0.25, 0.3) is 0 Å². The largest absolute Gasteiger partial charge is 0.490 e. The standard InChI is InChI=1S/C19H30O4/c1-5-6-7-8-13-21-17(4)19(20)23-16(3)14-22-18-11-9-15(2)10-12-18/h9-12,16-17H,5-8,13-14H2,1-4H3/t16-,17-/m0/s1. The first-order chi connectivity index (χ1) is 11.0. The monoisotopic (exact) mass is 322 g/mol. The zero-order valence-corrected chi connectivity index (χ0v) is 14.8. The van der Waals surface area contributed by atoms with Crippen molar-refractivity contribution in [3.05, 3.63) is 29.8 Å². The second-order valence-corrected chi connectivity index (χ2v) is 5.95. The molecule has 0 N–H and O–H groups in total. The van der Waals surface area contributed by atoms with Gasteiger partial charge in [0.25, 0.3) is 0 Å². The lowest BCUT2D eigenvalue weighted by atomic mass is 10.2. The molecule has 4 heteroatoms. The first-order valence-electron chi connectivity index (χ1n) is 8.54. The van der Waals surface area contributed by atoms with Gasteiger partial charge >= 0.3 is 5.97 Å². The van der Waals surface area contributed by atoms with Gasteiger partial charge in [0.05, 0.1) is 0 Å². The molecule has 0 saturated carbocycles. The first kappa shape index (κ1) is 19.5. The third-order valence-corrected chi connectivity index (χ3v) is 3.52. The molecule has 0 aromatic heterocycles. The summed E-state index contributed by atoms with van der Waals surface area (Å²) in [7, 11) is 0. The van der Waals surface area contributed by atoms with Crippen LogP contribution in [0.2, 0.25) is 0 Å². The molecule has 0 radical (unpaired) electrons. The van der Waals surface area contributed by atoms with E-state index >= 15 is 0 Å². The normalized spacial score (nSPS) is 13.4. The van der Waals surface area contributed by atoms with E-state index in [-0.39, 0.29) is 12.1 Å². The van der Waals surface area contributed by atoms with E-state index in [0.717, 1.165) is 18.6 Å². The molecule has 0 aliphatic rings. The summed E-state index contributed by atoms with van der Waals surface area (Å²) in [5, 5.41) is 0. The topological polar surface area (TPSA) is 44.8 Å². The van der Waals surface area contributed by atoms with E-state index in [9.17, 15) is 4.79 Å². The van der Waals surface area contributed by atoms with Crippen molar-refractivity contribution in [3.63, 3.8) is 0 Å². The Kier molecular flexibility index (Phi) is 9.37. The van der Waals surface area contributed by atoms with E-state index in [2.05, 4.69) is 6.92 Å². The molecule has 2 atom stereocenters. The fourth-order valence-corrected chi connectivity index (χ4v) is 2.03. The highest BCUT2D eigenvalue weighted by atomic mass is 16.6. The average Bonchev–Trinajstić information content (AvgIpc) is 2.54. The van der Waals surface area contributed by atoms with Gasteiger partial charge in [0.15, 0.2) is 6.10 Å². The van der Waals surface area contributed by atoms with Gasteiger partial charge in [0.2, 0.25) is 0 Å². The van der Waals surface area contributed by atoms with Crippen molar-refractivity contribution in [1.82, 2.24) is 0 Å². The molecule has 0 aliphatic heterocycles. The molecule has 130 valence electrons. The molecule has 0 heterocycles. The van der Waals surface area contributed by atoms with Crippen molar-refractivity contribution >= 4 is 5.97 Å². The maximum Gasteiger partial charge on any atom is 0.335 e. The highest BCUT2D eigenvalue weighted by molar-refractivity contribution is 5.74. The molecule has 0 saturated heterocycles. The zero-order valence-electron chi connectivity index (χ0n) is 14.8. The summed E-state index contributed by atoms with van der Waals surface area (Å²) < 4.78 is 16.5. The van der Waals surface area contributed by atoms with Crippen molar-refractivity contribution in [1.29, 1.82) is 0 Å². The minimum atomic E-state index is -0.529. The minimum absolute atomic E-state index is 0.310. The second-order valence-electron chi connectivity index (χ2n) is 5.95. The number of hydrogen-bond donors (Lipinski definition) is 0. The van der Waals surface area contributed by atoms with Crippen molar-refractivity contribution in [3.8, 4) is 5.75 Å². The molecule has 0 aliphatic carbocycles. The maximum absolute atomic E-state index is 11.9. The number of rotatable bonds is 11. The van der Waals surface area contributed by atoms with Crippen LogP contribution < -0.4 is 4.74 Å². The summed E-state index contributed by atoms with van der Waals surface area (Å²) in [6.45, 7) is 8.68. The van der Waals surface area contributed by atoms with E-state index < -0.39 is 6.10 Å². The minimum Gasteiger partial charge on any atom is -0.490 e. The van der Waals surface area contributed by atoms with Gasteiger partial charge in [0, 0.05) is 6.61 Å². The number of benzene rings is 1. The first-order valence-corrected chi connectivity index (χ1v) is 8.54. The molecular formula is C19H30O4. The van der Waals surface area contributed by atoms with Crippen molar-refractivity contribution in [2.75, 3.05) is 13.2 Å². The number of hydrogen-bond acceptors (Lipinski definition) is 4. The third kappa shape index (κ3) is 8.60. The summed E-state index contributed by atoms with van der Waals surface area (Å²) in [4.78, 5) is 11.9. The summed E-state index contributed by atoms with van der Waals surface area (Å²) >= 11 is 0. The van der Waals surface area contributed by atoms with E-state index in [4.69, 9.17) is 14.2 Å². The molecule has 0 bridgehead atoms. The third-order valence-electron chi connectivity index (χ3n) is 3.52. The van der Waals surface area contributed by atoms with Gasteiger partial charge in [-0.3, -0.25) is 0 Å². The molecule has 1 aromatic carbocycles. The van der Waals surface area contributed by atoms with Crippen LogP contribution in [0.4, 0.5) is 0 Å². The molecule has 0 unspecified atom stereocenters. The Morgan fingerprint density at radius 1 is 1.09 bits per heavy atom. The lowest BCUT2D eigenvalue weighted by Gasteiger charge is -2.18. The Hall–Kier alpha value is -1.55. The van der Waals surface area contributed by atoms with E-state index in [0.29, 0.717) is 13.2 Å². The van der Waals surface area contributed by atoms with Gasteiger partial charge in [-0.2, -0.15) is 0 Å². The number of carbonyl (C=O) groups is 1. The van der Waals surface area contributed by atoms with Gasteiger partial charge in [-0.25, -0.2) is 4.79 Å². The molecule has 23 heavy (non-hydrogen) atoms. The van der Waals surface area contributed by atoms with Gasteiger partial charge in [0.1, 0.15) is 18.5 Å². The SMILES string of the molecule is CCCCCCO[C@@H](C)C(=O)O[C@@H](C)COc1ccc(C)cc1. The van der Waals surface area contributed by atoms with Crippen molar-refractivity contribution in [2.45, 2.75) is 65.6 Å². The Labute approximate surface area is 140 Å². The lowest BCUT2D eigenvalue weighted by Crippen LogP contribution is -2.30. The molecule has 1 rings (SSSR count). The maximum atomic E-state index is 11.9. The van der Waals surface area contributed by atoms with Crippen molar-refractivity contribution in [2.24, 2.45) is 0 Å². The highest BCUT2D eigenvalue weighted by Crippen LogP contribution is 2.12. The summed E-state index contributed by atoms with van der Waals surface area (Å²) in [5.41, 5.74) is 1.18. The molecule has 0 spiro atoms. The van der Waals surface area contributed by atoms with Crippen LogP contribution >= 0.6 is 0 Å². The Morgan fingerprint density at radius 3 is 2.43 bits per heavy atom. The summed E-state index contributed by atoms with van der Waals surface area (Å²) in [5.74, 6) is 0.444. The quantitative estimate of drug-likeness (QED) is 0.450. The summed E-state index contributed by atoms with van der Waals surface area (Å²) in [6.07, 6.45) is 3.68. The van der Waals surface area contributed by atoms with E-state index in [1.807, 2.05) is 38.1 Å². The molecule has 0 amide bonds. The van der Waals surface area contributed by atoms with Gasteiger partial charge in [-0.1, -0.05) is 43.9 Å².